The summed E-state index contributed by atoms with van der Waals surface area (Å²) in [4.78, 5) is 10.2. The van der Waals surface area contributed by atoms with E-state index in [0.717, 1.165) is 12.8 Å². The first-order valence-electron chi connectivity index (χ1n) is 4.08. The topological polar surface area (TPSA) is 101 Å². The van der Waals surface area contributed by atoms with Crippen LogP contribution in [0.15, 0.2) is 0 Å². The van der Waals surface area contributed by atoms with E-state index in [9.17, 15) is 4.79 Å². The third-order valence-electron chi connectivity index (χ3n) is 1.54. The highest BCUT2D eigenvalue weighted by Crippen LogP contribution is 1.98. The number of nitrogens with one attached hydrogen (secondary N) is 1. The van der Waals surface area contributed by atoms with Crippen LogP contribution in [0.2, 0.25) is 0 Å². The van der Waals surface area contributed by atoms with E-state index < -0.39 is 12.1 Å². The molecule has 0 saturated carbocycles. The predicted octanol–water partition coefficient (Wildman–Crippen LogP) is -0.434. The number of hydrogen-bond acceptors (Lipinski definition) is 3. The first-order valence-corrected chi connectivity index (χ1v) is 4.08. The average Bonchev–Trinajstić information content (AvgIpc) is 2.03. The van der Waals surface area contributed by atoms with Gasteiger partial charge in [-0.05, 0) is 19.3 Å². The van der Waals surface area contributed by atoms with Crippen LogP contribution in [0.4, 0.5) is 4.79 Å². The standard InChI is InChI=1S/C7H17N3O2.ClH/c8-5-6(11)3-1-2-4-10-7(9)12;/h6,11H,1-5,8H2,(H3,9,10,12);1H. The molecule has 2 amide bonds. The molecule has 6 N–H and O–H groups in total. The van der Waals surface area contributed by atoms with Crippen LogP contribution in [0, 0.1) is 0 Å². The largest absolute Gasteiger partial charge is 0.392 e. The van der Waals surface area contributed by atoms with Crippen molar-refractivity contribution in [3.8, 4) is 0 Å². The van der Waals surface area contributed by atoms with Crippen molar-refractivity contribution in [3.63, 3.8) is 0 Å². The number of carbonyl (C=O) groups excluding carboxylic acids is 1. The van der Waals surface area contributed by atoms with Crippen LogP contribution < -0.4 is 16.8 Å². The Hall–Kier alpha value is -0.520. The summed E-state index contributed by atoms with van der Waals surface area (Å²) < 4.78 is 0. The summed E-state index contributed by atoms with van der Waals surface area (Å²) in [5.74, 6) is 0. The highest BCUT2D eigenvalue weighted by Gasteiger charge is 1.99. The van der Waals surface area contributed by atoms with Gasteiger partial charge in [0.05, 0.1) is 6.10 Å². The number of halogens is 1. The lowest BCUT2D eigenvalue weighted by Gasteiger charge is -2.06. The van der Waals surface area contributed by atoms with Crippen molar-refractivity contribution in [2.75, 3.05) is 13.1 Å². The highest BCUT2D eigenvalue weighted by atomic mass is 35.5. The van der Waals surface area contributed by atoms with Gasteiger partial charge in [0.15, 0.2) is 0 Å². The molecule has 1 atom stereocenters. The molecule has 0 rings (SSSR count). The molecular formula is C7H18ClN3O2. The van der Waals surface area contributed by atoms with Gasteiger partial charge < -0.3 is 21.9 Å². The van der Waals surface area contributed by atoms with E-state index in [2.05, 4.69) is 5.32 Å². The Balaban J connectivity index is 0. The van der Waals surface area contributed by atoms with Crippen LogP contribution in [0.3, 0.4) is 0 Å². The van der Waals surface area contributed by atoms with Crippen molar-refractivity contribution in [1.82, 2.24) is 5.32 Å². The smallest absolute Gasteiger partial charge is 0.312 e. The minimum atomic E-state index is -0.505. The van der Waals surface area contributed by atoms with Gasteiger partial charge in [-0.1, -0.05) is 0 Å². The summed E-state index contributed by atoms with van der Waals surface area (Å²) >= 11 is 0. The zero-order chi connectivity index (χ0) is 9.40. The molecule has 5 nitrogen and oxygen atoms in total. The second-order valence-electron chi connectivity index (χ2n) is 2.68. The number of primary amides is 1. The van der Waals surface area contributed by atoms with Gasteiger partial charge in [-0.25, -0.2) is 4.79 Å². The normalized spacial score (nSPS) is 11.5. The summed E-state index contributed by atoms with van der Waals surface area (Å²) in [7, 11) is 0. The lowest BCUT2D eigenvalue weighted by molar-refractivity contribution is 0.169. The fraction of sp³-hybridized carbons (Fsp3) is 0.857. The summed E-state index contributed by atoms with van der Waals surface area (Å²) in [5.41, 5.74) is 10.0. The lowest BCUT2D eigenvalue weighted by Crippen LogP contribution is -2.30. The molecule has 0 radical (unpaired) electrons. The molecule has 0 spiro atoms. The molecule has 0 saturated heterocycles. The maximum Gasteiger partial charge on any atom is 0.312 e. The Morgan fingerprint density at radius 1 is 1.46 bits per heavy atom. The van der Waals surface area contributed by atoms with E-state index in [4.69, 9.17) is 16.6 Å². The molecule has 0 aromatic carbocycles. The molecule has 0 aromatic heterocycles. The van der Waals surface area contributed by atoms with Crippen LogP contribution in [0.1, 0.15) is 19.3 Å². The van der Waals surface area contributed by atoms with Gasteiger partial charge in [-0.3, -0.25) is 0 Å². The summed E-state index contributed by atoms with van der Waals surface area (Å²) in [6.07, 6.45) is 1.92. The van der Waals surface area contributed by atoms with Crippen molar-refractivity contribution in [3.05, 3.63) is 0 Å². The van der Waals surface area contributed by atoms with Gasteiger partial charge in [-0.15, -0.1) is 12.4 Å². The second kappa shape index (κ2) is 9.57. The summed E-state index contributed by atoms with van der Waals surface area (Å²) in [5, 5.41) is 11.5. The first kappa shape index (κ1) is 15.0. The molecule has 6 heteroatoms. The molecule has 13 heavy (non-hydrogen) atoms. The third kappa shape index (κ3) is 11.5. The van der Waals surface area contributed by atoms with E-state index in [1.807, 2.05) is 0 Å². The van der Waals surface area contributed by atoms with Crippen LogP contribution >= 0.6 is 12.4 Å². The van der Waals surface area contributed by atoms with E-state index in [1.165, 1.54) is 0 Å². The van der Waals surface area contributed by atoms with Gasteiger partial charge in [0, 0.05) is 13.1 Å². The summed E-state index contributed by atoms with van der Waals surface area (Å²) in [6.45, 7) is 0.857. The van der Waals surface area contributed by atoms with Gasteiger partial charge >= 0.3 is 6.03 Å². The Morgan fingerprint density at radius 2 is 2.08 bits per heavy atom. The number of amides is 2. The van der Waals surface area contributed by atoms with Crippen molar-refractivity contribution >= 4 is 18.4 Å². The number of aliphatic hydroxyl groups excluding tert-OH is 1. The number of rotatable bonds is 6. The van der Waals surface area contributed by atoms with Crippen molar-refractivity contribution in [1.29, 1.82) is 0 Å². The van der Waals surface area contributed by atoms with Gasteiger partial charge in [0.2, 0.25) is 0 Å². The van der Waals surface area contributed by atoms with Crippen LogP contribution in [0.25, 0.3) is 0 Å². The van der Waals surface area contributed by atoms with Crippen molar-refractivity contribution < 1.29 is 9.90 Å². The molecule has 0 heterocycles. The molecule has 0 aliphatic rings. The van der Waals surface area contributed by atoms with E-state index >= 15 is 0 Å². The average molecular weight is 212 g/mol. The van der Waals surface area contributed by atoms with Crippen molar-refractivity contribution in [2.24, 2.45) is 11.5 Å². The molecule has 80 valence electrons. The lowest BCUT2D eigenvalue weighted by atomic mass is 10.1. The molecule has 0 aromatic rings. The number of urea groups is 1. The molecule has 0 bridgehead atoms. The Morgan fingerprint density at radius 3 is 2.54 bits per heavy atom. The molecule has 1 unspecified atom stereocenters. The van der Waals surface area contributed by atoms with Crippen LogP contribution in [0.5, 0.6) is 0 Å². The minimum Gasteiger partial charge on any atom is -0.392 e. The van der Waals surface area contributed by atoms with Gasteiger partial charge in [0.25, 0.3) is 0 Å². The minimum absolute atomic E-state index is 0. The number of unbranched alkanes of at least 4 members (excludes halogenated alkanes) is 1. The Labute approximate surface area is 84.3 Å². The number of hydrogen-bond donors (Lipinski definition) is 4. The quantitative estimate of drug-likeness (QED) is 0.449. The zero-order valence-electron chi connectivity index (χ0n) is 7.53. The van der Waals surface area contributed by atoms with E-state index in [1.54, 1.807) is 0 Å². The number of aliphatic hydroxyl groups is 1. The summed E-state index contributed by atoms with van der Waals surface area (Å²) in [6, 6.07) is -0.505. The fourth-order valence-corrected chi connectivity index (χ4v) is 0.834. The fourth-order valence-electron chi connectivity index (χ4n) is 0.834. The van der Waals surface area contributed by atoms with Crippen LogP contribution in [-0.4, -0.2) is 30.3 Å². The second-order valence-corrected chi connectivity index (χ2v) is 2.68. The predicted molar refractivity (Wildman–Crippen MR) is 53.7 cm³/mol. The zero-order valence-corrected chi connectivity index (χ0v) is 8.35. The maximum absolute atomic E-state index is 10.2. The van der Waals surface area contributed by atoms with Gasteiger partial charge in [0.1, 0.15) is 0 Å². The third-order valence-corrected chi connectivity index (χ3v) is 1.54. The number of carbonyl (C=O) groups is 1. The SMILES string of the molecule is Cl.NCC(O)CCCCNC(N)=O. The molecular weight excluding hydrogens is 194 g/mol. The van der Waals surface area contributed by atoms with E-state index in [0.29, 0.717) is 19.5 Å². The van der Waals surface area contributed by atoms with E-state index in [-0.39, 0.29) is 12.4 Å². The maximum atomic E-state index is 10.2. The Kier molecular flexibility index (Phi) is 11.0. The molecule has 0 fully saturated rings. The van der Waals surface area contributed by atoms with Gasteiger partial charge in [-0.2, -0.15) is 0 Å². The van der Waals surface area contributed by atoms with Crippen LogP contribution in [-0.2, 0) is 0 Å². The Bertz CT molecular complexity index is 135. The monoisotopic (exact) mass is 211 g/mol. The highest BCUT2D eigenvalue weighted by molar-refractivity contribution is 5.85. The molecule has 0 aliphatic heterocycles. The first-order chi connectivity index (χ1) is 5.66. The number of nitrogens with two attached hydrogens (primary N) is 2. The molecule has 0 aliphatic carbocycles. The van der Waals surface area contributed by atoms with Crippen molar-refractivity contribution in [2.45, 2.75) is 25.4 Å².